The zero-order valence-corrected chi connectivity index (χ0v) is 11.7. The molecule has 6 heteroatoms. The van der Waals surface area contributed by atoms with Crippen molar-refractivity contribution in [1.29, 1.82) is 0 Å². The summed E-state index contributed by atoms with van der Waals surface area (Å²) in [7, 11) is 0. The number of urea groups is 1. The molecule has 1 aromatic rings. The van der Waals surface area contributed by atoms with Crippen LogP contribution in [0.3, 0.4) is 0 Å². The summed E-state index contributed by atoms with van der Waals surface area (Å²) < 4.78 is 0. The van der Waals surface area contributed by atoms with Crippen molar-refractivity contribution in [2.24, 2.45) is 5.73 Å². The summed E-state index contributed by atoms with van der Waals surface area (Å²) in [5.74, 6) is -0.397. The van der Waals surface area contributed by atoms with Gasteiger partial charge in [-0.3, -0.25) is 10.1 Å². The van der Waals surface area contributed by atoms with E-state index in [0.29, 0.717) is 5.02 Å². The first kappa shape index (κ1) is 14.9. The van der Waals surface area contributed by atoms with Gasteiger partial charge in [0.2, 0.25) is 5.91 Å². The van der Waals surface area contributed by atoms with Gasteiger partial charge in [0.25, 0.3) is 0 Å². The molecule has 0 aromatic heterocycles. The quantitative estimate of drug-likeness (QED) is 0.894. The fourth-order valence-electron chi connectivity index (χ4n) is 1.47. The number of hydrogen-bond acceptors (Lipinski definition) is 3. The summed E-state index contributed by atoms with van der Waals surface area (Å²) in [6.07, 6.45) is 0. The van der Waals surface area contributed by atoms with Gasteiger partial charge in [-0.2, -0.15) is 0 Å². The van der Waals surface area contributed by atoms with E-state index < -0.39 is 11.9 Å². The fraction of sp³-hybridized carbons (Fsp3) is 0.333. The van der Waals surface area contributed by atoms with Crippen LogP contribution in [0.4, 0.5) is 4.79 Å². The van der Waals surface area contributed by atoms with Crippen molar-refractivity contribution in [3.05, 3.63) is 34.9 Å². The smallest absolute Gasteiger partial charge is 0.318 e. The van der Waals surface area contributed by atoms with Gasteiger partial charge in [0, 0.05) is 10.3 Å². The summed E-state index contributed by atoms with van der Waals surface area (Å²) in [6, 6.07) is 6.64. The third-order valence-corrected chi connectivity index (χ3v) is 4.00. The van der Waals surface area contributed by atoms with Crippen LogP contribution in [0, 0.1) is 0 Å². The Morgan fingerprint density at radius 1 is 1.33 bits per heavy atom. The van der Waals surface area contributed by atoms with Gasteiger partial charge in [-0.05, 0) is 25.5 Å². The van der Waals surface area contributed by atoms with E-state index in [1.54, 1.807) is 6.92 Å². The van der Waals surface area contributed by atoms with E-state index in [9.17, 15) is 9.59 Å². The molecule has 0 spiro atoms. The maximum atomic E-state index is 11.5. The van der Waals surface area contributed by atoms with Gasteiger partial charge in [-0.15, -0.1) is 11.8 Å². The monoisotopic (exact) mass is 286 g/mol. The zero-order chi connectivity index (χ0) is 13.7. The molecule has 0 aliphatic heterocycles. The highest BCUT2D eigenvalue weighted by Gasteiger charge is 2.20. The Kier molecular flexibility index (Phi) is 5.50. The Balaban J connectivity index is 2.65. The average molecular weight is 287 g/mol. The predicted molar refractivity (Wildman–Crippen MR) is 74.6 cm³/mol. The first-order chi connectivity index (χ1) is 8.41. The van der Waals surface area contributed by atoms with Crippen LogP contribution >= 0.6 is 23.4 Å². The van der Waals surface area contributed by atoms with E-state index in [2.05, 4.69) is 5.32 Å². The molecule has 0 radical (unpaired) electrons. The normalized spacial score (nSPS) is 13.7. The molecule has 1 aromatic carbocycles. The molecular formula is C12H15ClN2O2S. The lowest BCUT2D eigenvalue weighted by molar-refractivity contribution is -0.119. The van der Waals surface area contributed by atoms with Gasteiger partial charge in [0.1, 0.15) is 0 Å². The second-order valence-electron chi connectivity index (χ2n) is 3.80. The minimum atomic E-state index is -0.835. The predicted octanol–water partition coefficient (Wildman–Crippen LogP) is 2.72. The molecule has 0 saturated heterocycles. The maximum Gasteiger partial charge on any atom is 0.318 e. The third kappa shape index (κ3) is 4.23. The highest BCUT2D eigenvalue weighted by Crippen LogP contribution is 2.35. The second kappa shape index (κ2) is 6.66. The molecule has 0 unspecified atom stereocenters. The van der Waals surface area contributed by atoms with E-state index in [-0.39, 0.29) is 10.5 Å². The molecule has 4 nitrogen and oxygen atoms in total. The Morgan fingerprint density at radius 3 is 2.50 bits per heavy atom. The van der Waals surface area contributed by atoms with Gasteiger partial charge < -0.3 is 5.73 Å². The molecule has 1 rings (SSSR count). The summed E-state index contributed by atoms with van der Waals surface area (Å²) in [6.45, 7) is 3.68. The minimum Gasteiger partial charge on any atom is -0.351 e. The number of halogens is 1. The molecule has 98 valence electrons. The highest BCUT2D eigenvalue weighted by molar-refractivity contribution is 8.00. The van der Waals surface area contributed by atoms with Gasteiger partial charge in [-0.1, -0.05) is 29.8 Å². The topological polar surface area (TPSA) is 72.2 Å². The SMILES string of the molecule is C[C@H](S[C@@H](C)c1ccccc1Cl)C(=O)NC(N)=O. The van der Waals surface area contributed by atoms with Crippen LogP contribution < -0.4 is 11.1 Å². The van der Waals surface area contributed by atoms with Crippen molar-refractivity contribution < 1.29 is 9.59 Å². The van der Waals surface area contributed by atoms with E-state index >= 15 is 0 Å². The van der Waals surface area contributed by atoms with E-state index in [4.69, 9.17) is 17.3 Å². The largest absolute Gasteiger partial charge is 0.351 e. The van der Waals surface area contributed by atoms with Gasteiger partial charge >= 0.3 is 6.03 Å². The Hall–Kier alpha value is -1.20. The number of carbonyl (C=O) groups excluding carboxylic acids is 2. The Labute approximate surface area is 115 Å². The lowest BCUT2D eigenvalue weighted by Crippen LogP contribution is -2.39. The fourth-order valence-corrected chi connectivity index (χ4v) is 2.98. The molecule has 0 fully saturated rings. The number of carbonyl (C=O) groups is 2. The molecule has 0 aliphatic rings. The third-order valence-electron chi connectivity index (χ3n) is 2.37. The van der Waals surface area contributed by atoms with Crippen molar-refractivity contribution in [3.8, 4) is 0 Å². The number of primary amides is 1. The minimum absolute atomic E-state index is 0.0485. The van der Waals surface area contributed by atoms with Crippen LogP contribution in [-0.2, 0) is 4.79 Å². The van der Waals surface area contributed by atoms with Crippen molar-refractivity contribution in [2.45, 2.75) is 24.3 Å². The molecule has 18 heavy (non-hydrogen) atoms. The molecule has 3 N–H and O–H groups in total. The van der Waals surface area contributed by atoms with Crippen molar-refractivity contribution in [1.82, 2.24) is 5.32 Å². The number of imide groups is 1. The van der Waals surface area contributed by atoms with Gasteiger partial charge in [0.05, 0.1) is 5.25 Å². The molecule has 0 heterocycles. The average Bonchev–Trinajstić information content (AvgIpc) is 2.28. The first-order valence-corrected chi connectivity index (χ1v) is 6.74. The van der Waals surface area contributed by atoms with Crippen molar-refractivity contribution in [3.63, 3.8) is 0 Å². The van der Waals surface area contributed by atoms with Crippen LogP contribution in [0.15, 0.2) is 24.3 Å². The van der Waals surface area contributed by atoms with Gasteiger partial charge in [0.15, 0.2) is 0 Å². The molecule has 0 bridgehead atoms. The van der Waals surface area contributed by atoms with Crippen LogP contribution in [0.2, 0.25) is 5.02 Å². The summed E-state index contributed by atoms with van der Waals surface area (Å²) >= 11 is 7.49. The van der Waals surface area contributed by atoms with Gasteiger partial charge in [-0.25, -0.2) is 4.79 Å². The summed E-state index contributed by atoms with van der Waals surface area (Å²) in [5.41, 5.74) is 5.86. The number of nitrogens with two attached hydrogens (primary N) is 1. The Morgan fingerprint density at radius 2 is 1.94 bits per heavy atom. The van der Waals surface area contributed by atoms with E-state index in [1.165, 1.54) is 11.8 Å². The van der Waals surface area contributed by atoms with E-state index in [1.807, 2.05) is 31.2 Å². The first-order valence-electron chi connectivity index (χ1n) is 5.42. The highest BCUT2D eigenvalue weighted by atomic mass is 35.5. The number of benzene rings is 1. The molecule has 0 saturated carbocycles. The van der Waals surface area contributed by atoms with E-state index in [0.717, 1.165) is 5.56 Å². The number of thioether (sulfide) groups is 1. The molecule has 2 atom stereocenters. The van der Waals surface area contributed by atoms with Crippen molar-refractivity contribution in [2.75, 3.05) is 0 Å². The number of hydrogen-bond donors (Lipinski definition) is 2. The van der Waals surface area contributed by atoms with Crippen LogP contribution in [0.25, 0.3) is 0 Å². The zero-order valence-electron chi connectivity index (χ0n) is 10.1. The summed E-state index contributed by atoms with van der Waals surface area (Å²) in [5, 5.41) is 2.39. The molecule has 0 aliphatic carbocycles. The van der Waals surface area contributed by atoms with Crippen LogP contribution in [0.5, 0.6) is 0 Å². The lowest BCUT2D eigenvalue weighted by Gasteiger charge is -2.17. The van der Waals surface area contributed by atoms with Crippen LogP contribution in [0.1, 0.15) is 24.7 Å². The Bertz CT molecular complexity index is 453. The second-order valence-corrected chi connectivity index (χ2v) is 5.89. The number of amides is 3. The molecular weight excluding hydrogens is 272 g/mol. The number of rotatable bonds is 4. The molecule has 3 amide bonds. The van der Waals surface area contributed by atoms with Crippen molar-refractivity contribution >= 4 is 35.3 Å². The summed E-state index contributed by atoms with van der Waals surface area (Å²) in [4.78, 5) is 22.1. The van der Waals surface area contributed by atoms with Crippen LogP contribution in [-0.4, -0.2) is 17.2 Å². The standard InChI is InChI=1S/C12H15ClN2O2S/c1-7(9-5-3-4-6-10(9)13)18-8(2)11(16)15-12(14)17/h3-8H,1-2H3,(H3,14,15,16,17)/t7-,8-/m0/s1. The lowest BCUT2D eigenvalue weighted by atomic mass is 10.2. The number of nitrogens with one attached hydrogen (secondary N) is 1. The maximum absolute atomic E-state index is 11.5.